The number of rotatable bonds is 3. The van der Waals surface area contributed by atoms with E-state index in [9.17, 15) is 9.59 Å². The van der Waals surface area contributed by atoms with E-state index in [1.807, 2.05) is 50.7 Å². The molecule has 2 aromatic heterocycles. The van der Waals surface area contributed by atoms with Gasteiger partial charge in [0.1, 0.15) is 5.60 Å². The van der Waals surface area contributed by atoms with Gasteiger partial charge in [-0.2, -0.15) is 5.10 Å². The zero-order chi connectivity index (χ0) is 20.8. The first-order valence-electron chi connectivity index (χ1n) is 9.93. The zero-order valence-electron chi connectivity index (χ0n) is 17.4. The van der Waals surface area contributed by atoms with Gasteiger partial charge in [0.25, 0.3) is 5.91 Å². The standard InChI is InChI=1S/C21H27N5O3/c1-20(2,3)29-19(28)25-11-12-26-16(14-25)15(13-23-26)18(27)24(4)21(8-9-21)17-7-5-6-10-22-17/h5-7,10,13H,8-9,11-12,14H2,1-4H3. The monoisotopic (exact) mass is 397 g/mol. The molecule has 8 heteroatoms. The SMILES string of the molecule is CN(C(=O)c1cnn2c1CN(C(=O)OC(C)(C)C)CC2)C1(c2ccccn2)CC1. The lowest BCUT2D eigenvalue weighted by Gasteiger charge is -2.32. The molecule has 2 aromatic rings. The molecule has 1 aliphatic carbocycles. The average Bonchev–Trinajstić information content (AvgIpc) is 3.39. The van der Waals surface area contributed by atoms with E-state index in [1.165, 1.54) is 0 Å². The Kier molecular flexibility index (Phi) is 4.59. The Morgan fingerprint density at radius 3 is 2.59 bits per heavy atom. The number of hydrogen-bond donors (Lipinski definition) is 0. The van der Waals surface area contributed by atoms with Gasteiger partial charge in [0, 0.05) is 19.8 Å². The van der Waals surface area contributed by atoms with Crippen LogP contribution in [0.15, 0.2) is 30.6 Å². The molecule has 0 aromatic carbocycles. The molecule has 8 nitrogen and oxygen atoms in total. The van der Waals surface area contributed by atoms with Gasteiger partial charge in [-0.05, 0) is 45.7 Å². The second-order valence-corrected chi connectivity index (χ2v) is 8.74. The molecular formula is C21H27N5O3. The molecule has 1 aliphatic heterocycles. The molecule has 29 heavy (non-hydrogen) atoms. The summed E-state index contributed by atoms with van der Waals surface area (Å²) in [5, 5.41) is 4.38. The Labute approximate surface area is 170 Å². The van der Waals surface area contributed by atoms with Gasteiger partial charge in [0.2, 0.25) is 0 Å². The Balaban J connectivity index is 1.55. The van der Waals surface area contributed by atoms with Gasteiger partial charge in [-0.3, -0.25) is 14.5 Å². The fourth-order valence-corrected chi connectivity index (χ4v) is 3.80. The van der Waals surface area contributed by atoms with E-state index in [0.717, 1.165) is 24.2 Å². The first-order chi connectivity index (χ1) is 13.7. The van der Waals surface area contributed by atoms with Crippen molar-refractivity contribution in [3.05, 3.63) is 47.5 Å². The van der Waals surface area contributed by atoms with Crippen molar-refractivity contribution in [2.24, 2.45) is 0 Å². The molecule has 1 saturated carbocycles. The van der Waals surface area contributed by atoms with Crippen LogP contribution in [0, 0.1) is 0 Å². The molecule has 0 bridgehead atoms. The zero-order valence-corrected chi connectivity index (χ0v) is 17.4. The predicted octanol–water partition coefficient (Wildman–Crippen LogP) is 2.79. The minimum absolute atomic E-state index is 0.0968. The highest BCUT2D eigenvalue weighted by Gasteiger charge is 2.51. The normalized spacial score (nSPS) is 17.4. The maximum Gasteiger partial charge on any atom is 0.410 e. The van der Waals surface area contributed by atoms with Crippen molar-refractivity contribution in [1.82, 2.24) is 24.6 Å². The van der Waals surface area contributed by atoms with Gasteiger partial charge < -0.3 is 14.5 Å². The molecule has 154 valence electrons. The van der Waals surface area contributed by atoms with Crippen LogP contribution in [-0.2, 0) is 23.4 Å². The first kappa shape index (κ1) is 19.4. The van der Waals surface area contributed by atoms with Crippen LogP contribution in [0.4, 0.5) is 4.79 Å². The highest BCUT2D eigenvalue weighted by molar-refractivity contribution is 5.96. The van der Waals surface area contributed by atoms with E-state index in [4.69, 9.17) is 4.74 Å². The average molecular weight is 397 g/mol. The molecule has 2 amide bonds. The summed E-state index contributed by atoms with van der Waals surface area (Å²) in [7, 11) is 1.82. The molecule has 2 aliphatic rings. The van der Waals surface area contributed by atoms with Crippen molar-refractivity contribution in [3.8, 4) is 0 Å². The Morgan fingerprint density at radius 1 is 1.21 bits per heavy atom. The lowest BCUT2D eigenvalue weighted by molar-refractivity contribution is 0.0192. The summed E-state index contributed by atoms with van der Waals surface area (Å²) >= 11 is 0. The van der Waals surface area contributed by atoms with E-state index in [-0.39, 0.29) is 17.5 Å². The maximum atomic E-state index is 13.4. The number of amides is 2. The number of carbonyl (C=O) groups excluding carboxylic acids is 2. The van der Waals surface area contributed by atoms with Crippen LogP contribution >= 0.6 is 0 Å². The fourth-order valence-electron chi connectivity index (χ4n) is 3.80. The molecule has 0 spiro atoms. The lowest BCUT2D eigenvalue weighted by atomic mass is 10.1. The molecule has 0 unspecified atom stereocenters. The summed E-state index contributed by atoms with van der Waals surface area (Å²) in [4.78, 5) is 33.7. The number of nitrogens with zero attached hydrogens (tertiary/aromatic N) is 5. The molecule has 3 heterocycles. The third-order valence-electron chi connectivity index (χ3n) is 5.57. The predicted molar refractivity (Wildman–Crippen MR) is 106 cm³/mol. The summed E-state index contributed by atoms with van der Waals surface area (Å²) < 4.78 is 7.30. The first-order valence-corrected chi connectivity index (χ1v) is 9.93. The molecule has 4 rings (SSSR count). The second-order valence-electron chi connectivity index (χ2n) is 8.74. The minimum atomic E-state index is -0.561. The van der Waals surface area contributed by atoms with E-state index in [1.54, 1.807) is 22.2 Å². The van der Waals surface area contributed by atoms with E-state index >= 15 is 0 Å². The summed E-state index contributed by atoms with van der Waals surface area (Å²) in [5.74, 6) is -0.0968. The number of ether oxygens (including phenoxy) is 1. The van der Waals surface area contributed by atoms with Crippen molar-refractivity contribution in [2.75, 3.05) is 13.6 Å². The Hall–Kier alpha value is -2.90. The third-order valence-corrected chi connectivity index (χ3v) is 5.57. The smallest absolute Gasteiger partial charge is 0.410 e. The van der Waals surface area contributed by atoms with E-state index < -0.39 is 5.60 Å². The Bertz CT molecular complexity index is 928. The van der Waals surface area contributed by atoms with Gasteiger partial charge in [0.05, 0.1) is 41.8 Å². The van der Waals surface area contributed by atoms with Gasteiger partial charge in [-0.25, -0.2) is 4.79 Å². The van der Waals surface area contributed by atoms with Crippen molar-refractivity contribution < 1.29 is 14.3 Å². The summed E-state index contributed by atoms with van der Waals surface area (Å²) in [6.07, 6.45) is 4.78. The summed E-state index contributed by atoms with van der Waals surface area (Å²) in [5.41, 5.74) is 1.27. The van der Waals surface area contributed by atoms with Crippen LogP contribution in [0.25, 0.3) is 0 Å². The van der Waals surface area contributed by atoms with Crippen molar-refractivity contribution in [3.63, 3.8) is 0 Å². The lowest BCUT2D eigenvalue weighted by Crippen LogP contribution is -2.43. The quantitative estimate of drug-likeness (QED) is 0.796. The maximum absolute atomic E-state index is 13.4. The Morgan fingerprint density at radius 2 is 1.97 bits per heavy atom. The van der Waals surface area contributed by atoms with Gasteiger partial charge in [-0.1, -0.05) is 6.07 Å². The molecule has 0 saturated heterocycles. The highest BCUT2D eigenvalue weighted by Crippen LogP contribution is 2.50. The summed E-state index contributed by atoms with van der Waals surface area (Å²) in [6.45, 7) is 6.88. The highest BCUT2D eigenvalue weighted by atomic mass is 16.6. The van der Waals surface area contributed by atoms with Gasteiger partial charge in [-0.15, -0.1) is 0 Å². The largest absolute Gasteiger partial charge is 0.444 e. The second kappa shape index (κ2) is 6.86. The van der Waals surface area contributed by atoms with Crippen LogP contribution in [0.5, 0.6) is 0 Å². The molecule has 1 fully saturated rings. The van der Waals surface area contributed by atoms with Crippen LogP contribution in [0.3, 0.4) is 0 Å². The van der Waals surface area contributed by atoms with E-state index in [0.29, 0.717) is 25.2 Å². The van der Waals surface area contributed by atoms with Crippen molar-refractivity contribution in [1.29, 1.82) is 0 Å². The topological polar surface area (TPSA) is 80.6 Å². The van der Waals surface area contributed by atoms with Crippen molar-refractivity contribution in [2.45, 2.75) is 57.8 Å². The number of carbonyl (C=O) groups is 2. The van der Waals surface area contributed by atoms with Crippen LogP contribution in [0.2, 0.25) is 0 Å². The molecule has 0 atom stereocenters. The number of pyridine rings is 1. The fraction of sp³-hybridized carbons (Fsp3) is 0.524. The van der Waals surface area contributed by atoms with Crippen molar-refractivity contribution >= 4 is 12.0 Å². The minimum Gasteiger partial charge on any atom is -0.444 e. The number of aromatic nitrogens is 3. The molecular weight excluding hydrogens is 370 g/mol. The van der Waals surface area contributed by atoms with Crippen LogP contribution in [-0.4, -0.2) is 55.8 Å². The third kappa shape index (κ3) is 3.59. The number of fused-ring (bicyclic) bond motifs is 1. The van der Waals surface area contributed by atoms with Crippen LogP contribution in [0.1, 0.15) is 55.4 Å². The number of hydrogen-bond acceptors (Lipinski definition) is 5. The van der Waals surface area contributed by atoms with Gasteiger partial charge in [0.15, 0.2) is 0 Å². The molecule has 0 radical (unpaired) electrons. The summed E-state index contributed by atoms with van der Waals surface area (Å²) in [6, 6.07) is 5.79. The van der Waals surface area contributed by atoms with Crippen LogP contribution < -0.4 is 0 Å². The van der Waals surface area contributed by atoms with E-state index in [2.05, 4.69) is 10.1 Å². The molecule has 0 N–H and O–H groups in total. The van der Waals surface area contributed by atoms with Gasteiger partial charge >= 0.3 is 6.09 Å².